The lowest BCUT2D eigenvalue weighted by atomic mass is 10.1. The number of nitrogens with one attached hydrogen (secondary N) is 2. The Labute approximate surface area is 144 Å². The third kappa shape index (κ3) is 5.32. The summed E-state index contributed by atoms with van der Waals surface area (Å²) in [5, 5.41) is 5.91. The molecule has 1 heterocycles. The molecule has 24 heavy (non-hydrogen) atoms. The zero-order valence-electron chi connectivity index (χ0n) is 14.8. The second-order valence-corrected chi connectivity index (χ2v) is 6.51. The SMILES string of the molecule is CNCC(C)C(=O)Nc1cccc(CC(=O)N2CCN(C)CC2)c1. The van der Waals surface area contributed by atoms with Gasteiger partial charge in [0.05, 0.1) is 6.42 Å². The number of carbonyl (C=O) groups excluding carboxylic acids is 2. The number of likely N-dealkylation sites (N-methyl/N-ethyl adjacent to an activating group) is 1. The number of piperazine rings is 1. The summed E-state index contributed by atoms with van der Waals surface area (Å²) in [7, 11) is 3.90. The van der Waals surface area contributed by atoms with E-state index in [0.717, 1.165) is 37.4 Å². The van der Waals surface area contributed by atoms with E-state index in [0.29, 0.717) is 13.0 Å². The molecule has 1 aromatic rings. The summed E-state index contributed by atoms with van der Waals surface area (Å²) in [4.78, 5) is 28.6. The van der Waals surface area contributed by atoms with E-state index in [2.05, 4.69) is 22.6 Å². The van der Waals surface area contributed by atoms with Gasteiger partial charge in [-0.15, -0.1) is 0 Å². The Bertz CT molecular complexity index is 568. The fourth-order valence-corrected chi connectivity index (χ4v) is 2.77. The molecular weight excluding hydrogens is 304 g/mol. The summed E-state index contributed by atoms with van der Waals surface area (Å²) >= 11 is 0. The van der Waals surface area contributed by atoms with E-state index in [-0.39, 0.29) is 17.7 Å². The molecule has 0 aliphatic carbocycles. The Morgan fingerprint density at radius 2 is 1.92 bits per heavy atom. The van der Waals surface area contributed by atoms with E-state index in [4.69, 9.17) is 0 Å². The molecule has 2 N–H and O–H groups in total. The van der Waals surface area contributed by atoms with Crippen LogP contribution in [-0.4, -0.2) is 68.4 Å². The molecule has 0 spiro atoms. The minimum absolute atomic E-state index is 0.0214. The van der Waals surface area contributed by atoms with Gasteiger partial charge in [0.2, 0.25) is 11.8 Å². The van der Waals surface area contributed by atoms with Crippen molar-refractivity contribution < 1.29 is 9.59 Å². The zero-order chi connectivity index (χ0) is 17.5. The molecule has 6 heteroatoms. The van der Waals surface area contributed by atoms with Gasteiger partial charge in [-0.25, -0.2) is 0 Å². The Morgan fingerprint density at radius 3 is 2.58 bits per heavy atom. The first-order chi connectivity index (χ1) is 11.5. The lowest BCUT2D eigenvalue weighted by molar-refractivity contribution is -0.132. The van der Waals surface area contributed by atoms with Crippen LogP contribution in [0.5, 0.6) is 0 Å². The molecule has 0 bridgehead atoms. The van der Waals surface area contributed by atoms with Gasteiger partial charge < -0.3 is 20.4 Å². The number of nitrogens with zero attached hydrogens (tertiary/aromatic N) is 2. The van der Waals surface area contributed by atoms with Crippen LogP contribution in [-0.2, 0) is 16.0 Å². The summed E-state index contributed by atoms with van der Waals surface area (Å²) < 4.78 is 0. The molecule has 6 nitrogen and oxygen atoms in total. The van der Waals surface area contributed by atoms with Crippen molar-refractivity contribution >= 4 is 17.5 Å². The van der Waals surface area contributed by atoms with E-state index in [1.807, 2.05) is 43.1 Å². The van der Waals surface area contributed by atoms with Crippen LogP contribution in [0.2, 0.25) is 0 Å². The first-order valence-corrected chi connectivity index (χ1v) is 8.50. The molecule has 2 rings (SSSR count). The zero-order valence-corrected chi connectivity index (χ0v) is 14.8. The van der Waals surface area contributed by atoms with Crippen molar-refractivity contribution in [2.24, 2.45) is 5.92 Å². The molecule has 2 amide bonds. The number of hydrogen-bond acceptors (Lipinski definition) is 4. The van der Waals surface area contributed by atoms with E-state index in [1.54, 1.807) is 0 Å². The van der Waals surface area contributed by atoms with Gasteiger partial charge in [0.15, 0.2) is 0 Å². The highest BCUT2D eigenvalue weighted by atomic mass is 16.2. The highest BCUT2D eigenvalue weighted by Gasteiger charge is 2.19. The second kappa shape index (κ2) is 8.80. The van der Waals surface area contributed by atoms with Crippen molar-refractivity contribution in [3.05, 3.63) is 29.8 Å². The average Bonchev–Trinajstić information content (AvgIpc) is 2.56. The molecule has 1 atom stereocenters. The number of hydrogen-bond donors (Lipinski definition) is 2. The highest BCUT2D eigenvalue weighted by Crippen LogP contribution is 2.14. The van der Waals surface area contributed by atoms with Crippen molar-refractivity contribution in [3.63, 3.8) is 0 Å². The van der Waals surface area contributed by atoms with Crippen molar-refractivity contribution in [2.45, 2.75) is 13.3 Å². The molecule has 1 aliphatic rings. The van der Waals surface area contributed by atoms with Crippen LogP contribution >= 0.6 is 0 Å². The molecule has 1 aromatic carbocycles. The van der Waals surface area contributed by atoms with E-state index in [1.165, 1.54) is 0 Å². The van der Waals surface area contributed by atoms with Gasteiger partial charge in [0.25, 0.3) is 0 Å². The number of rotatable bonds is 6. The molecule has 132 valence electrons. The van der Waals surface area contributed by atoms with Gasteiger partial charge >= 0.3 is 0 Å². The van der Waals surface area contributed by atoms with Gasteiger partial charge in [-0.1, -0.05) is 19.1 Å². The third-order valence-electron chi connectivity index (χ3n) is 4.36. The van der Waals surface area contributed by atoms with E-state index >= 15 is 0 Å². The van der Waals surface area contributed by atoms with Gasteiger partial charge in [-0.3, -0.25) is 9.59 Å². The maximum Gasteiger partial charge on any atom is 0.228 e. The van der Waals surface area contributed by atoms with Crippen LogP contribution in [0.1, 0.15) is 12.5 Å². The summed E-state index contributed by atoms with van der Waals surface area (Å²) in [6.45, 7) is 5.93. The molecule has 1 saturated heterocycles. The van der Waals surface area contributed by atoms with Crippen LogP contribution in [0.3, 0.4) is 0 Å². The van der Waals surface area contributed by atoms with E-state index in [9.17, 15) is 9.59 Å². The molecule has 0 radical (unpaired) electrons. The molecule has 0 saturated carbocycles. The third-order valence-corrected chi connectivity index (χ3v) is 4.36. The number of anilines is 1. The monoisotopic (exact) mass is 332 g/mol. The fourth-order valence-electron chi connectivity index (χ4n) is 2.77. The maximum absolute atomic E-state index is 12.4. The molecule has 1 fully saturated rings. The van der Waals surface area contributed by atoms with Crippen LogP contribution in [0.25, 0.3) is 0 Å². The van der Waals surface area contributed by atoms with E-state index < -0.39 is 0 Å². The first-order valence-electron chi connectivity index (χ1n) is 8.50. The predicted molar refractivity (Wildman–Crippen MR) is 95.9 cm³/mol. The molecule has 1 aliphatic heterocycles. The Hall–Kier alpha value is -1.92. The summed E-state index contributed by atoms with van der Waals surface area (Å²) in [6.07, 6.45) is 0.374. The summed E-state index contributed by atoms with van der Waals surface area (Å²) in [6, 6.07) is 7.55. The number of benzene rings is 1. The standard InChI is InChI=1S/C18H28N4O2/c1-14(13-19-2)18(24)20-16-6-4-5-15(11-16)12-17(23)22-9-7-21(3)8-10-22/h4-6,11,14,19H,7-10,12-13H2,1-3H3,(H,20,24). The number of amides is 2. The van der Waals surface area contributed by atoms with Crippen molar-refractivity contribution in [3.8, 4) is 0 Å². The Kier molecular flexibility index (Phi) is 6.75. The average molecular weight is 332 g/mol. The minimum Gasteiger partial charge on any atom is -0.340 e. The largest absolute Gasteiger partial charge is 0.340 e. The first kappa shape index (κ1) is 18.4. The lowest BCUT2D eigenvalue weighted by Crippen LogP contribution is -2.47. The van der Waals surface area contributed by atoms with Crippen molar-refractivity contribution in [1.29, 1.82) is 0 Å². The summed E-state index contributed by atoms with van der Waals surface area (Å²) in [5.41, 5.74) is 1.67. The van der Waals surface area contributed by atoms with Crippen molar-refractivity contribution in [2.75, 3.05) is 52.1 Å². The Morgan fingerprint density at radius 1 is 1.21 bits per heavy atom. The lowest BCUT2D eigenvalue weighted by Gasteiger charge is -2.32. The minimum atomic E-state index is -0.106. The molecule has 1 unspecified atom stereocenters. The fraction of sp³-hybridized carbons (Fsp3) is 0.556. The summed E-state index contributed by atoms with van der Waals surface area (Å²) in [5.74, 6) is 0.0210. The quantitative estimate of drug-likeness (QED) is 0.809. The topological polar surface area (TPSA) is 64.7 Å². The van der Waals surface area contributed by atoms with Crippen LogP contribution in [0.15, 0.2) is 24.3 Å². The number of carbonyl (C=O) groups is 2. The van der Waals surface area contributed by atoms with Gasteiger partial charge in [0.1, 0.15) is 0 Å². The van der Waals surface area contributed by atoms with Crippen LogP contribution in [0.4, 0.5) is 5.69 Å². The van der Waals surface area contributed by atoms with Crippen molar-refractivity contribution in [1.82, 2.24) is 15.1 Å². The highest BCUT2D eigenvalue weighted by molar-refractivity contribution is 5.92. The maximum atomic E-state index is 12.4. The smallest absolute Gasteiger partial charge is 0.228 e. The van der Waals surface area contributed by atoms with Gasteiger partial charge in [-0.2, -0.15) is 0 Å². The molecular formula is C18H28N4O2. The van der Waals surface area contributed by atoms with Gasteiger partial charge in [-0.05, 0) is 31.8 Å². The normalized spacial score (nSPS) is 16.7. The van der Waals surface area contributed by atoms with Gasteiger partial charge in [0, 0.05) is 44.3 Å². The Balaban J connectivity index is 1.92. The predicted octanol–water partition coefficient (Wildman–Crippen LogP) is 0.797. The van der Waals surface area contributed by atoms with Crippen LogP contribution in [0, 0.1) is 5.92 Å². The molecule has 0 aromatic heterocycles. The second-order valence-electron chi connectivity index (χ2n) is 6.51. The van der Waals surface area contributed by atoms with Crippen LogP contribution < -0.4 is 10.6 Å².